The summed E-state index contributed by atoms with van der Waals surface area (Å²) in [5.41, 5.74) is 0. The van der Waals surface area contributed by atoms with Crippen LogP contribution in [0.5, 0.6) is 0 Å². The highest BCUT2D eigenvalue weighted by Gasteiger charge is 2.47. The van der Waals surface area contributed by atoms with E-state index in [2.05, 4.69) is 18.9 Å². The summed E-state index contributed by atoms with van der Waals surface area (Å²) in [4.78, 5) is 20.9. The monoisotopic (exact) mass is 192 g/mol. The van der Waals surface area contributed by atoms with E-state index in [0.717, 1.165) is 0 Å². The Morgan fingerprint density at radius 1 is 1.15 bits per heavy atom. The molecule has 13 heavy (non-hydrogen) atoms. The number of carbonyl (C=O) groups excluding carboxylic acids is 2. The van der Waals surface area contributed by atoms with E-state index in [1.54, 1.807) is 0 Å². The van der Waals surface area contributed by atoms with Crippen LogP contribution in [0.1, 0.15) is 0 Å². The van der Waals surface area contributed by atoms with Gasteiger partial charge in [-0.3, -0.25) is 0 Å². The molecule has 0 radical (unpaired) electrons. The van der Waals surface area contributed by atoms with Gasteiger partial charge in [-0.15, -0.1) is 0 Å². The van der Waals surface area contributed by atoms with Crippen LogP contribution in [0.4, 0.5) is 14.0 Å². The molecule has 2 saturated heterocycles. The first kappa shape index (κ1) is 8.09. The molecule has 0 aromatic rings. The molecule has 0 saturated carbocycles. The average Bonchev–Trinajstić information content (AvgIpc) is 2.58. The van der Waals surface area contributed by atoms with Crippen molar-refractivity contribution in [1.82, 2.24) is 0 Å². The molecule has 0 spiro atoms. The molecule has 72 valence electrons. The van der Waals surface area contributed by atoms with Gasteiger partial charge < -0.3 is 18.9 Å². The lowest BCUT2D eigenvalue weighted by Gasteiger charge is -2.12. The Labute approximate surface area is 71.5 Å². The highest BCUT2D eigenvalue weighted by Crippen LogP contribution is 2.24. The molecule has 0 aromatic heterocycles. The van der Waals surface area contributed by atoms with Gasteiger partial charge in [-0.2, -0.15) is 4.39 Å². The third-order valence-corrected chi connectivity index (χ3v) is 1.68. The van der Waals surface area contributed by atoms with Gasteiger partial charge in [0.25, 0.3) is 6.36 Å². The Bertz CT molecular complexity index is 254. The van der Waals surface area contributed by atoms with Crippen molar-refractivity contribution in [2.45, 2.75) is 18.6 Å². The van der Waals surface area contributed by atoms with E-state index in [-0.39, 0.29) is 6.61 Å². The fourth-order valence-electron chi connectivity index (χ4n) is 1.10. The maximum absolute atomic E-state index is 12.8. The minimum atomic E-state index is -1.91. The standard InChI is InChI=1S/C6H5FO6/c7-4-3(12-6(9)13-4)2-1-10-5(8)11-2/h2-4H,1H2. The van der Waals surface area contributed by atoms with E-state index in [1.165, 1.54) is 0 Å². The number of halogens is 1. The lowest BCUT2D eigenvalue weighted by molar-refractivity contribution is -0.0237. The summed E-state index contributed by atoms with van der Waals surface area (Å²) >= 11 is 0. The van der Waals surface area contributed by atoms with Gasteiger partial charge in [0.2, 0.25) is 6.10 Å². The van der Waals surface area contributed by atoms with Gasteiger partial charge in [-0.1, -0.05) is 0 Å². The van der Waals surface area contributed by atoms with Crippen LogP contribution in [0, 0.1) is 0 Å². The molecule has 2 aliphatic rings. The summed E-state index contributed by atoms with van der Waals surface area (Å²) in [7, 11) is 0. The van der Waals surface area contributed by atoms with E-state index < -0.39 is 30.9 Å². The molecule has 6 nitrogen and oxygen atoms in total. The molecule has 3 atom stereocenters. The van der Waals surface area contributed by atoms with Gasteiger partial charge in [-0.25, -0.2) is 9.59 Å². The van der Waals surface area contributed by atoms with Gasteiger partial charge in [0.1, 0.15) is 6.61 Å². The van der Waals surface area contributed by atoms with Crippen molar-refractivity contribution in [3.63, 3.8) is 0 Å². The maximum Gasteiger partial charge on any atom is 0.511 e. The van der Waals surface area contributed by atoms with E-state index >= 15 is 0 Å². The molecule has 2 rings (SSSR count). The van der Waals surface area contributed by atoms with Gasteiger partial charge in [0.05, 0.1) is 0 Å². The minimum absolute atomic E-state index is 0.138. The molecule has 0 N–H and O–H groups in total. The SMILES string of the molecule is O=C1OCC(C2OC(=O)OC2F)O1. The molecule has 0 bridgehead atoms. The maximum atomic E-state index is 12.8. The van der Waals surface area contributed by atoms with Crippen LogP contribution in [0.2, 0.25) is 0 Å². The number of hydrogen-bond acceptors (Lipinski definition) is 6. The number of hydrogen-bond donors (Lipinski definition) is 0. The van der Waals surface area contributed by atoms with Gasteiger partial charge >= 0.3 is 12.3 Å². The van der Waals surface area contributed by atoms with E-state index in [9.17, 15) is 14.0 Å². The second-order valence-electron chi connectivity index (χ2n) is 2.52. The summed E-state index contributed by atoms with van der Waals surface area (Å²) in [5, 5.41) is 0. The Kier molecular flexibility index (Phi) is 1.71. The smallest absolute Gasteiger partial charge is 0.430 e. The molecule has 3 unspecified atom stereocenters. The number of alkyl halides is 1. The van der Waals surface area contributed by atoms with Crippen molar-refractivity contribution in [1.29, 1.82) is 0 Å². The summed E-state index contributed by atoms with van der Waals surface area (Å²) in [5.74, 6) is 0. The first-order valence-electron chi connectivity index (χ1n) is 3.51. The number of carbonyl (C=O) groups is 2. The third-order valence-electron chi connectivity index (χ3n) is 1.68. The van der Waals surface area contributed by atoms with Crippen LogP contribution in [-0.4, -0.2) is 37.5 Å². The molecule has 2 fully saturated rings. The molecule has 0 amide bonds. The summed E-state index contributed by atoms with van der Waals surface area (Å²) < 4.78 is 30.2. The fraction of sp³-hybridized carbons (Fsp3) is 0.667. The third kappa shape index (κ3) is 1.36. The van der Waals surface area contributed by atoms with E-state index in [0.29, 0.717) is 0 Å². The number of cyclic esters (lactones) is 4. The van der Waals surface area contributed by atoms with Gasteiger partial charge in [0, 0.05) is 0 Å². The van der Waals surface area contributed by atoms with Crippen molar-refractivity contribution in [2.24, 2.45) is 0 Å². The lowest BCUT2D eigenvalue weighted by Crippen LogP contribution is -2.34. The second kappa shape index (κ2) is 2.75. The molecule has 2 heterocycles. The molecule has 0 aromatic carbocycles. The molecular weight excluding hydrogens is 187 g/mol. The summed E-state index contributed by atoms with van der Waals surface area (Å²) in [6, 6.07) is 0. The molecule has 0 aliphatic carbocycles. The van der Waals surface area contributed by atoms with Gasteiger partial charge in [0.15, 0.2) is 6.10 Å². The van der Waals surface area contributed by atoms with Crippen LogP contribution in [-0.2, 0) is 18.9 Å². The Balaban J connectivity index is 2.01. The topological polar surface area (TPSA) is 71.1 Å². The van der Waals surface area contributed by atoms with Crippen LogP contribution >= 0.6 is 0 Å². The fourth-order valence-corrected chi connectivity index (χ4v) is 1.10. The average molecular weight is 192 g/mol. The molecule has 7 heteroatoms. The highest BCUT2D eigenvalue weighted by molar-refractivity contribution is 5.64. The first-order chi connectivity index (χ1) is 6.16. The molecule has 2 aliphatic heterocycles. The van der Waals surface area contributed by atoms with E-state index in [1.807, 2.05) is 0 Å². The van der Waals surface area contributed by atoms with Gasteiger partial charge in [-0.05, 0) is 0 Å². The summed E-state index contributed by atoms with van der Waals surface area (Å²) in [6.45, 7) is -0.138. The minimum Gasteiger partial charge on any atom is -0.430 e. The predicted octanol–water partition coefficient (Wildman–Crippen LogP) is 0.353. The van der Waals surface area contributed by atoms with Crippen molar-refractivity contribution in [2.75, 3.05) is 6.61 Å². The van der Waals surface area contributed by atoms with Crippen molar-refractivity contribution in [3.8, 4) is 0 Å². The largest absolute Gasteiger partial charge is 0.511 e. The number of rotatable bonds is 1. The molecular formula is C6H5FO6. The van der Waals surface area contributed by atoms with Crippen LogP contribution in [0.15, 0.2) is 0 Å². The first-order valence-corrected chi connectivity index (χ1v) is 3.51. The zero-order valence-corrected chi connectivity index (χ0v) is 6.27. The Hall–Kier alpha value is -1.53. The number of ether oxygens (including phenoxy) is 4. The van der Waals surface area contributed by atoms with Crippen molar-refractivity contribution < 1.29 is 32.9 Å². The van der Waals surface area contributed by atoms with Crippen molar-refractivity contribution in [3.05, 3.63) is 0 Å². The quantitative estimate of drug-likeness (QED) is 0.558. The Morgan fingerprint density at radius 2 is 1.92 bits per heavy atom. The predicted molar refractivity (Wildman–Crippen MR) is 32.5 cm³/mol. The van der Waals surface area contributed by atoms with Crippen LogP contribution < -0.4 is 0 Å². The van der Waals surface area contributed by atoms with Crippen molar-refractivity contribution >= 4 is 12.3 Å². The van der Waals surface area contributed by atoms with E-state index in [4.69, 9.17) is 0 Å². The summed E-state index contributed by atoms with van der Waals surface area (Å²) in [6.07, 6.45) is -6.07. The lowest BCUT2D eigenvalue weighted by atomic mass is 10.2. The zero-order chi connectivity index (χ0) is 9.42. The second-order valence-corrected chi connectivity index (χ2v) is 2.52. The Morgan fingerprint density at radius 3 is 2.38 bits per heavy atom. The normalized spacial score (nSPS) is 37.8. The zero-order valence-electron chi connectivity index (χ0n) is 6.27. The highest BCUT2D eigenvalue weighted by atomic mass is 19.1. The van der Waals surface area contributed by atoms with Crippen LogP contribution in [0.25, 0.3) is 0 Å². The van der Waals surface area contributed by atoms with Crippen LogP contribution in [0.3, 0.4) is 0 Å².